The summed E-state index contributed by atoms with van der Waals surface area (Å²) in [4.78, 5) is 46.7. The fourth-order valence-electron chi connectivity index (χ4n) is 3.67. The Labute approximate surface area is 195 Å². The largest absolute Gasteiger partial charge is 0.352 e. The minimum Gasteiger partial charge on any atom is -0.347 e. The number of aryl methyl sites for hydroxylation is 1. The molecule has 0 aliphatic carbocycles. The number of nitrogens with zero attached hydrogens (tertiary/aromatic N) is 7. The summed E-state index contributed by atoms with van der Waals surface area (Å²) < 4.78 is 7.24. The quantitative estimate of drug-likeness (QED) is 0.499. The summed E-state index contributed by atoms with van der Waals surface area (Å²) in [5.74, 6) is -0.960. The van der Waals surface area contributed by atoms with Crippen LogP contribution in [0.1, 0.15) is 23.2 Å². The smallest absolute Gasteiger partial charge is 0.347 e. The van der Waals surface area contributed by atoms with E-state index in [9.17, 15) is 14.4 Å². The molecule has 12 heteroatoms. The molecule has 0 bridgehead atoms. The zero-order chi connectivity index (χ0) is 24.2. The molecule has 12 nitrogen and oxygen atoms in total. The average Bonchev–Trinajstić information content (AvgIpc) is 3.32. The third kappa shape index (κ3) is 4.97. The van der Waals surface area contributed by atoms with Crippen molar-refractivity contribution in [3.05, 3.63) is 56.6 Å². The van der Waals surface area contributed by atoms with Crippen molar-refractivity contribution in [2.75, 3.05) is 46.3 Å². The van der Waals surface area contributed by atoms with Gasteiger partial charge >= 0.3 is 17.5 Å². The van der Waals surface area contributed by atoms with E-state index in [0.29, 0.717) is 18.8 Å². The Hall–Kier alpha value is -3.64. The summed E-state index contributed by atoms with van der Waals surface area (Å²) in [6.45, 7) is 8.77. The number of carbonyl (C=O) groups is 1. The lowest BCUT2D eigenvalue weighted by Gasteiger charge is -2.32. The second-order valence-electron chi connectivity index (χ2n) is 8.25. The maximum atomic E-state index is 12.9. The molecule has 0 atom stereocenters. The Kier molecular flexibility index (Phi) is 6.98. The van der Waals surface area contributed by atoms with E-state index in [0.717, 1.165) is 41.0 Å². The molecule has 1 N–H and O–H groups in total. The Morgan fingerprint density at radius 3 is 2.50 bits per heavy atom. The lowest BCUT2D eigenvalue weighted by molar-refractivity contribution is 0.0897. The van der Waals surface area contributed by atoms with Gasteiger partial charge in [-0.05, 0) is 33.0 Å². The van der Waals surface area contributed by atoms with Crippen LogP contribution in [0.3, 0.4) is 0 Å². The van der Waals surface area contributed by atoms with Gasteiger partial charge in [0.1, 0.15) is 0 Å². The molecule has 1 aliphatic rings. The van der Waals surface area contributed by atoms with E-state index in [4.69, 9.17) is 4.52 Å². The van der Waals surface area contributed by atoms with Gasteiger partial charge in [0.05, 0.1) is 5.69 Å². The summed E-state index contributed by atoms with van der Waals surface area (Å²) >= 11 is 0. The van der Waals surface area contributed by atoms with Gasteiger partial charge in [-0.15, -0.1) is 0 Å². The van der Waals surface area contributed by atoms with Crippen molar-refractivity contribution >= 4 is 5.91 Å². The van der Waals surface area contributed by atoms with Gasteiger partial charge in [0, 0.05) is 45.8 Å². The molecule has 34 heavy (non-hydrogen) atoms. The van der Waals surface area contributed by atoms with Gasteiger partial charge in [-0.25, -0.2) is 4.79 Å². The number of hydrogen-bond acceptors (Lipinski definition) is 9. The number of carbonyl (C=O) groups excluding carboxylic acids is 1. The Morgan fingerprint density at radius 1 is 1.12 bits per heavy atom. The standard InChI is InChI=1S/C22H28N8O4/c1-4-29-21(32)17(25-30(22(29)33)16-7-5-15(2)6-8-16)18-24-20(34-26-18)19(31)23-9-10-28-13-11-27(3)12-14-28/h5-8H,4,9-14H2,1-3H3,(H,23,31). The summed E-state index contributed by atoms with van der Waals surface area (Å²) in [5.41, 5.74) is 0.0955. The minimum atomic E-state index is -0.654. The topological polar surface area (TPSA) is 131 Å². The highest BCUT2D eigenvalue weighted by Gasteiger charge is 2.22. The molecule has 0 radical (unpaired) electrons. The Balaban J connectivity index is 1.53. The second kappa shape index (κ2) is 10.1. The molecule has 0 unspecified atom stereocenters. The third-order valence-corrected chi connectivity index (χ3v) is 5.80. The number of hydrogen-bond donors (Lipinski definition) is 1. The van der Waals surface area contributed by atoms with E-state index in [1.807, 2.05) is 19.1 Å². The molecule has 0 spiro atoms. The third-order valence-electron chi connectivity index (χ3n) is 5.80. The molecule has 180 valence electrons. The number of benzene rings is 1. The molecule has 4 rings (SSSR count). The molecule has 1 aromatic carbocycles. The molecule has 1 saturated heterocycles. The van der Waals surface area contributed by atoms with Gasteiger partial charge in [-0.1, -0.05) is 22.9 Å². The summed E-state index contributed by atoms with van der Waals surface area (Å²) in [6, 6.07) is 7.13. The van der Waals surface area contributed by atoms with Crippen molar-refractivity contribution in [3.8, 4) is 17.2 Å². The van der Waals surface area contributed by atoms with Crippen molar-refractivity contribution in [2.45, 2.75) is 20.4 Å². The highest BCUT2D eigenvalue weighted by atomic mass is 16.5. The zero-order valence-corrected chi connectivity index (χ0v) is 19.5. The average molecular weight is 469 g/mol. The highest BCUT2D eigenvalue weighted by Crippen LogP contribution is 2.11. The lowest BCUT2D eigenvalue weighted by Crippen LogP contribution is -2.46. The number of likely N-dealkylation sites (N-methyl/N-ethyl adjacent to an activating group) is 1. The first kappa shape index (κ1) is 23.5. The first-order valence-electron chi connectivity index (χ1n) is 11.2. The normalized spacial score (nSPS) is 14.9. The minimum absolute atomic E-state index is 0.135. The van der Waals surface area contributed by atoms with E-state index in [-0.39, 0.29) is 24.0 Å². The van der Waals surface area contributed by atoms with Gasteiger partial charge in [0.15, 0.2) is 5.69 Å². The number of rotatable bonds is 7. The highest BCUT2D eigenvalue weighted by molar-refractivity contribution is 5.89. The molecular weight excluding hydrogens is 440 g/mol. The maximum absolute atomic E-state index is 12.9. The van der Waals surface area contributed by atoms with Gasteiger partial charge in [-0.3, -0.25) is 19.1 Å². The molecule has 3 heterocycles. The fourth-order valence-corrected chi connectivity index (χ4v) is 3.67. The van der Waals surface area contributed by atoms with Crippen LogP contribution >= 0.6 is 0 Å². The van der Waals surface area contributed by atoms with Crippen molar-refractivity contribution in [3.63, 3.8) is 0 Å². The molecule has 0 saturated carbocycles. The van der Waals surface area contributed by atoms with Gasteiger partial charge < -0.3 is 14.7 Å². The first-order chi connectivity index (χ1) is 16.4. The van der Waals surface area contributed by atoms with E-state index in [2.05, 4.69) is 37.4 Å². The van der Waals surface area contributed by atoms with Gasteiger partial charge in [0.2, 0.25) is 5.82 Å². The van der Waals surface area contributed by atoms with Gasteiger partial charge in [-0.2, -0.15) is 14.8 Å². The monoisotopic (exact) mass is 468 g/mol. The van der Waals surface area contributed by atoms with Crippen molar-refractivity contribution in [2.24, 2.45) is 0 Å². The predicted molar refractivity (Wildman–Crippen MR) is 124 cm³/mol. The van der Waals surface area contributed by atoms with Crippen LogP contribution in [0.2, 0.25) is 0 Å². The van der Waals surface area contributed by atoms with Crippen LogP contribution in [0, 0.1) is 6.92 Å². The number of nitrogens with one attached hydrogen (secondary N) is 1. The molecule has 3 aromatic rings. The SMILES string of the molecule is CCn1c(=O)c(-c2noc(C(=O)NCCN3CCN(C)CC3)n2)nn(-c2ccc(C)cc2)c1=O. The number of amides is 1. The summed E-state index contributed by atoms with van der Waals surface area (Å²) in [5, 5.41) is 10.7. The van der Waals surface area contributed by atoms with Gasteiger partial charge in [0.25, 0.3) is 5.56 Å². The van der Waals surface area contributed by atoms with Crippen molar-refractivity contribution in [1.82, 2.24) is 39.6 Å². The first-order valence-corrected chi connectivity index (χ1v) is 11.2. The van der Waals surface area contributed by atoms with Crippen LogP contribution < -0.4 is 16.6 Å². The van der Waals surface area contributed by atoms with Crippen LogP contribution in [0.25, 0.3) is 17.2 Å². The molecule has 1 aliphatic heterocycles. The number of piperazine rings is 1. The second-order valence-corrected chi connectivity index (χ2v) is 8.25. The Morgan fingerprint density at radius 2 is 1.82 bits per heavy atom. The molecule has 2 aromatic heterocycles. The van der Waals surface area contributed by atoms with E-state index < -0.39 is 17.2 Å². The zero-order valence-electron chi connectivity index (χ0n) is 19.5. The molecule has 1 fully saturated rings. The molecule has 1 amide bonds. The lowest BCUT2D eigenvalue weighted by atomic mass is 10.2. The maximum Gasteiger partial charge on any atom is 0.352 e. The van der Waals surface area contributed by atoms with E-state index >= 15 is 0 Å². The van der Waals surface area contributed by atoms with Crippen molar-refractivity contribution < 1.29 is 9.32 Å². The summed E-state index contributed by atoms with van der Waals surface area (Å²) in [6.07, 6.45) is 0. The van der Waals surface area contributed by atoms with E-state index in [1.54, 1.807) is 19.1 Å². The Bertz CT molecular complexity index is 1270. The van der Waals surface area contributed by atoms with Crippen LogP contribution in [0.15, 0.2) is 38.4 Å². The van der Waals surface area contributed by atoms with Crippen LogP contribution in [0.5, 0.6) is 0 Å². The van der Waals surface area contributed by atoms with Crippen LogP contribution in [-0.2, 0) is 6.54 Å². The predicted octanol–water partition coefficient (Wildman–Crippen LogP) is -0.250. The van der Waals surface area contributed by atoms with Crippen LogP contribution in [-0.4, -0.2) is 86.5 Å². The number of aromatic nitrogens is 5. The molecular formula is C22H28N8O4. The van der Waals surface area contributed by atoms with E-state index in [1.165, 1.54) is 0 Å². The fraction of sp³-hybridized carbons (Fsp3) is 0.455. The summed E-state index contributed by atoms with van der Waals surface area (Å²) in [7, 11) is 2.09. The van der Waals surface area contributed by atoms with Crippen molar-refractivity contribution in [1.29, 1.82) is 0 Å². The van der Waals surface area contributed by atoms with Crippen LogP contribution in [0.4, 0.5) is 0 Å².